The van der Waals surface area contributed by atoms with Crippen molar-refractivity contribution in [2.45, 2.75) is 64.1 Å². The third-order valence-corrected chi connectivity index (χ3v) is 4.67. The minimum atomic E-state index is -0.570. The first kappa shape index (κ1) is 17.0. The van der Waals surface area contributed by atoms with E-state index in [1.54, 1.807) is 4.90 Å². The monoisotopic (exact) mass is 337 g/mol. The van der Waals surface area contributed by atoms with Gasteiger partial charge in [-0.25, -0.2) is 4.79 Å². The zero-order valence-electron chi connectivity index (χ0n) is 14.8. The molecule has 3 aliphatic heterocycles. The van der Waals surface area contributed by atoms with Crippen molar-refractivity contribution in [3.05, 3.63) is 0 Å². The van der Waals surface area contributed by atoms with Crippen LogP contribution in [0.2, 0.25) is 0 Å². The lowest BCUT2D eigenvalue weighted by molar-refractivity contribution is -0.123. The van der Waals surface area contributed by atoms with Gasteiger partial charge in [-0.1, -0.05) is 5.16 Å². The summed E-state index contributed by atoms with van der Waals surface area (Å²) >= 11 is 0. The second kappa shape index (κ2) is 6.26. The molecule has 0 saturated carbocycles. The van der Waals surface area contributed by atoms with Crippen molar-refractivity contribution in [2.24, 2.45) is 5.16 Å². The van der Waals surface area contributed by atoms with Crippen molar-refractivity contribution < 1.29 is 19.2 Å². The Hall–Kier alpha value is -1.79. The molecule has 0 aliphatic carbocycles. The second-order valence-corrected chi connectivity index (χ2v) is 7.99. The van der Waals surface area contributed by atoms with Gasteiger partial charge in [-0.05, 0) is 46.5 Å². The molecule has 3 heterocycles. The number of oxime groups is 1. The van der Waals surface area contributed by atoms with Crippen LogP contribution in [0.5, 0.6) is 0 Å². The zero-order chi connectivity index (χ0) is 17.4. The first-order valence-corrected chi connectivity index (χ1v) is 8.80. The molecule has 24 heavy (non-hydrogen) atoms. The van der Waals surface area contributed by atoms with Crippen molar-refractivity contribution in [3.8, 4) is 0 Å². The first-order valence-electron chi connectivity index (χ1n) is 8.80. The number of hydrogen-bond acceptors (Lipinski definition) is 5. The number of carbonyl (C=O) groups excluding carboxylic acids is 2. The summed E-state index contributed by atoms with van der Waals surface area (Å²) in [7, 11) is 0. The van der Waals surface area contributed by atoms with Gasteiger partial charge < -0.3 is 19.4 Å². The minimum Gasteiger partial charge on any atom is -0.444 e. The third kappa shape index (κ3) is 3.65. The highest BCUT2D eigenvalue weighted by molar-refractivity contribution is 6.39. The number of likely N-dealkylation sites (tertiary alicyclic amines) is 2. The molecule has 1 atom stereocenters. The van der Waals surface area contributed by atoms with Crippen LogP contribution < -0.4 is 0 Å². The van der Waals surface area contributed by atoms with Crippen LogP contribution in [0.1, 0.15) is 52.9 Å². The Morgan fingerprint density at radius 3 is 2.46 bits per heavy atom. The Balaban J connectivity index is 1.61. The van der Waals surface area contributed by atoms with E-state index < -0.39 is 11.2 Å². The number of hydrogen-bond donors (Lipinski definition) is 0. The van der Waals surface area contributed by atoms with Gasteiger partial charge in [0.25, 0.3) is 5.91 Å². The first-order chi connectivity index (χ1) is 11.3. The van der Waals surface area contributed by atoms with Gasteiger partial charge in [0.1, 0.15) is 11.3 Å². The van der Waals surface area contributed by atoms with Crippen LogP contribution >= 0.6 is 0 Å². The van der Waals surface area contributed by atoms with E-state index in [4.69, 9.17) is 9.57 Å². The summed E-state index contributed by atoms with van der Waals surface area (Å²) in [5.74, 6) is -0.0150. The average molecular weight is 337 g/mol. The van der Waals surface area contributed by atoms with Gasteiger partial charge >= 0.3 is 6.09 Å². The molecule has 7 nitrogen and oxygen atoms in total. The van der Waals surface area contributed by atoms with Gasteiger partial charge in [-0.3, -0.25) is 4.79 Å². The summed E-state index contributed by atoms with van der Waals surface area (Å²) in [6.07, 6.45) is 3.87. The fraction of sp³-hybridized carbons (Fsp3) is 0.824. The maximum atomic E-state index is 12.5. The van der Waals surface area contributed by atoms with Gasteiger partial charge in [0.15, 0.2) is 5.60 Å². The van der Waals surface area contributed by atoms with E-state index in [1.807, 2.05) is 25.7 Å². The molecule has 2 saturated heterocycles. The summed E-state index contributed by atoms with van der Waals surface area (Å²) in [6.45, 7) is 8.23. The van der Waals surface area contributed by atoms with Crippen molar-refractivity contribution in [2.75, 3.05) is 26.2 Å². The quantitative estimate of drug-likeness (QED) is 0.735. The molecular weight excluding hydrogens is 310 g/mol. The molecule has 0 N–H and O–H groups in total. The van der Waals surface area contributed by atoms with Gasteiger partial charge in [0, 0.05) is 26.1 Å². The Kier molecular flexibility index (Phi) is 4.44. The lowest BCUT2D eigenvalue weighted by atomic mass is 9.88. The fourth-order valence-electron chi connectivity index (χ4n) is 3.54. The molecule has 0 aromatic heterocycles. The lowest BCUT2D eigenvalue weighted by Gasteiger charge is -2.38. The van der Waals surface area contributed by atoms with Crippen molar-refractivity contribution >= 4 is 17.7 Å². The molecule has 134 valence electrons. The van der Waals surface area contributed by atoms with E-state index in [0.29, 0.717) is 25.2 Å². The fourth-order valence-corrected chi connectivity index (χ4v) is 3.54. The van der Waals surface area contributed by atoms with Crippen LogP contribution in [0.4, 0.5) is 4.79 Å². The van der Waals surface area contributed by atoms with E-state index in [1.165, 1.54) is 0 Å². The van der Waals surface area contributed by atoms with Crippen molar-refractivity contribution in [1.29, 1.82) is 0 Å². The lowest BCUT2D eigenvalue weighted by Crippen LogP contribution is -2.52. The highest BCUT2D eigenvalue weighted by Crippen LogP contribution is 2.34. The highest BCUT2D eigenvalue weighted by Gasteiger charge is 2.47. The Morgan fingerprint density at radius 1 is 1.12 bits per heavy atom. The van der Waals surface area contributed by atoms with Gasteiger partial charge in [0.2, 0.25) is 0 Å². The topological polar surface area (TPSA) is 71.4 Å². The molecule has 0 aromatic rings. The molecule has 2 fully saturated rings. The summed E-state index contributed by atoms with van der Waals surface area (Å²) < 4.78 is 5.45. The minimum absolute atomic E-state index is 0.0150. The molecule has 3 aliphatic rings. The summed E-state index contributed by atoms with van der Waals surface area (Å²) in [5, 5.41) is 4.07. The smallest absolute Gasteiger partial charge is 0.410 e. The predicted octanol–water partition coefficient (Wildman–Crippen LogP) is 2.15. The highest BCUT2D eigenvalue weighted by atomic mass is 16.7. The van der Waals surface area contributed by atoms with Crippen molar-refractivity contribution in [3.63, 3.8) is 0 Å². The molecule has 2 amide bonds. The molecule has 0 aromatic carbocycles. The molecule has 0 radical (unpaired) electrons. The number of ether oxygens (including phenoxy) is 1. The Bertz CT molecular complexity index is 549. The molecule has 1 unspecified atom stereocenters. The molecule has 3 rings (SSSR count). The summed E-state index contributed by atoms with van der Waals surface area (Å²) in [5.41, 5.74) is -0.603. The average Bonchev–Trinajstić information content (AvgIpc) is 3.15. The van der Waals surface area contributed by atoms with Crippen molar-refractivity contribution in [1.82, 2.24) is 9.80 Å². The molecule has 7 heteroatoms. The van der Waals surface area contributed by atoms with Crippen LogP contribution in [0.25, 0.3) is 0 Å². The van der Waals surface area contributed by atoms with Gasteiger partial charge in [0.05, 0.1) is 6.54 Å². The standard InChI is InChI=1S/C17H27N3O4/c1-16(2,3)23-15(22)20-10-6-7-17(12-20)11-13(18-24-17)14(21)19-8-4-5-9-19/h4-12H2,1-3H3. The number of piperidine rings is 1. The predicted molar refractivity (Wildman–Crippen MR) is 88.7 cm³/mol. The molecule has 1 spiro atoms. The van der Waals surface area contributed by atoms with Gasteiger partial charge in [-0.2, -0.15) is 0 Å². The van der Waals surface area contributed by atoms with Crippen LogP contribution in [0, 0.1) is 0 Å². The number of nitrogens with zero attached hydrogens (tertiary/aromatic N) is 3. The number of amides is 2. The maximum absolute atomic E-state index is 12.5. The van der Waals surface area contributed by atoms with E-state index >= 15 is 0 Å². The maximum Gasteiger partial charge on any atom is 0.410 e. The Morgan fingerprint density at radius 2 is 1.79 bits per heavy atom. The zero-order valence-corrected chi connectivity index (χ0v) is 14.8. The van der Waals surface area contributed by atoms with E-state index in [0.717, 1.165) is 38.8 Å². The van der Waals surface area contributed by atoms with E-state index in [-0.39, 0.29) is 12.0 Å². The largest absolute Gasteiger partial charge is 0.444 e. The molecular formula is C17H27N3O4. The van der Waals surface area contributed by atoms with Crippen LogP contribution in [-0.2, 0) is 14.4 Å². The normalized spacial score (nSPS) is 27.2. The summed E-state index contributed by atoms with van der Waals surface area (Å²) in [4.78, 5) is 34.0. The van der Waals surface area contributed by atoms with Gasteiger partial charge in [-0.15, -0.1) is 0 Å². The third-order valence-electron chi connectivity index (χ3n) is 4.67. The van der Waals surface area contributed by atoms with Crippen LogP contribution in [-0.4, -0.2) is 64.9 Å². The second-order valence-electron chi connectivity index (χ2n) is 7.99. The van der Waals surface area contributed by atoms with Crippen LogP contribution in [0.15, 0.2) is 5.16 Å². The number of rotatable bonds is 1. The van der Waals surface area contributed by atoms with Crippen LogP contribution in [0.3, 0.4) is 0 Å². The number of carbonyl (C=O) groups is 2. The van der Waals surface area contributed by atoms with E-state index in [9.17, 15) is 9.59 Å². The summed E-state index contributed by atoms with van der Waals surface area (Å²) in [6, 6.07) is 0. The molecule has 0 bridgehead atoms. The SMILES string of the molecule is CC(C)(C)OC(=O)N1CCCC2(CC(C(=O)N3CCCC3)=NO2)C1. The Labute approximate surface area is 142 Å². The van der Waals surface area contributed by atoms with E-state index in [2.05, 4.69) is 5.16 Å².